The van der Waals surface area contributed by atoms with E-state index in [1.807, 2.05) is 11.8 Å². The fourth-order valence-corrected chi connectivity index (χ4v) is 3.21. The minimum absolute atomic E-state index is 0.329. The van der Waals surface area contributed by atoms with Crippen LogP contribution in [0.4, 0.5) is 0 Å². The molecule has 0 unspecified atom stereocenters. The molecule has 21 heavy (non-hydrogen) atoms. The number of rotatable bonds is 9. The van der Waals surface area contributed by atoms with Gasteiger partial charge in [0.25, 0.3) is 0 Å². The number of benzene rings is 2. The van der Waals surface area contributed by atoms with Crippen molar-refractivity contribution < 1.29 is 5.11 Å². The molecule has 0 saturated carbocycles. The van der Waals surface area contributed by atoms with Gasteiger partial charge >= 0.3 is 0 Å². The van der Waals surface area contributed by atoms with Gasteiger partial charge in [-0.25, -0.2) is 0 Å². The van der Waals surface area contributed by atoms with E-state index in [-0.39, 0.29) is 0 Å². The number of unbranched alkanes of at least 4 members (excludes halogenated alkanes) is 3. The highest BCUT2D eigenvalue weighted by molar-refractivity contribution is 7.99. The molecule has 0 aliphatic rings. The first kappa shape index (κ1) is 16.1. The van der Waals surface area contributed by atoms with Crippen LogP contribution in [0.1, 0.15) is 36.8 Å². The van der Waals surface area contributed by atoms with Crippen molar-refractivity contribution in [2.45, 2.75) is 37.0 Å². The largest absolute Gasteiger partial charge is 0.396 e. The second kappa shape index (κ2) is 9.64. The second-order valence-corrected chi connectivity index (χ2v) is 6.46. The molecule has 1 nitrogen and oxygen atoms in total. The molecule has 2 heteroatoms. The van der Waals surface area contributed by atoms with Crippen LogP contribution in [0, 0.1) is 0 Å². The highest BCUT2D eigenvalue weighted by Gasteiger charge is 1.98. The average Bonchev–Trinajstić information content (AvgIpc) is 2.53. The van der Waals surface area contributed by atoms with Gasteiger partial charge in [-0.1, -0.05) is 55.3 Å². The van der Waals surface area contributed by atoms with Crippen LogP contribution in [0.25, 0.3) is 0 Å². The van der Waals surface area contributed by atoms with Gasteiger partial charge in [0.1, 0.15) is 0 Å². The standard InChI is InChI=1S/C19H24OS/c20-14-6-1-2-7-15-21-19-12-10-18(11-13-19)16-17-8-4-3-5-9-17/h3-5,8-13,20H,1-2,6-7,14-16H2. The van der Waals surface area contributed by atoms with Gasteiger partial charge in [-0.05, 0) is 48.3 Å². The van der Waals surface area contributed by atoms with Crippen LogP contribution < -0.4 is 0 Å². The molecule has 0 heterocycles. The lowest BCUT2D eigenvalue weighted by Gasteiger charge is -2.05. The molecule has 0 aliphatic carbocycles. The number of aliphatic hydroxyl groups is 1. The van der Waals surface area contributed by atoms with E-state index in [9.17, 15) is 0 Å². The van der Waals surface area contributed by atoms with Crippen molar-refractivity contribution in [1.82, 2.24) is 0 Å². The lowest BCUT2D eigenvalue weighted by molar-refractivity contribution is 0.283. The highest BCUT2D eigenvalue weighted by atomic mass is 32.2. The van der Waals surface area contributed by atoms with E-state index in [1.54, 1.807) is 0 Å². The Bertz CT molecular complexity index is 493. The Morgan fingerprint density at radius 1 is 0.714 bits per heavy atom. The lowest BCUT2D eigenvalue weighted by Crippen LogP contribution is -1.88. The molecular formula is C19H24OS. The summed E-state index contributed by atoms with van der Waals surface area (Å²) in [6.45, 7) is 0.329. The SMILES string of the molecule is OCCCCCCSc1ccc(Cc2ccccc2)cc1. The molecule has 2 rings (SSSR count). The van der Waals surface area contributed by atoms with E-state index in [0.717, 1.165) is 19.3 Å². The summed E-state index contributed by atoms with van der Waals surface area (Å²) in [5.41, 5.74) is 2.73. The van der Waals surface area contributed by atoms with E-state index >= 15 is 0 Å². The smallest absolute Gasteiger partial charge is 0.0431 e. The maximum atomic E-state index is 8.73. The van der Waals surface area contributed by atoms with Crippen molar-refractivity contribution in [1.29, 1.82) is 0 Å². The molecule has 0 amide bonds. The fraction of sp³-hybridized carbons (Fsp3) is 0.368. The third-order valence-corrected chi connectivity index (χ3v) is 4.59. The topological polar surface area (TPSA) is 20.2 Å². The lowest BCUT2D eigenvalue weighted by atomic mass is 10.1. The van der Waals surface area contributed by atoms with Gasteiger partial charge in [-0.2, -0.15) is 0 Å². The Balaban J connectivity index is 1.72. The van der Waals surface area contributed by atoms with Crippen LogP contribution in [-0.4, -0.2) is 17.5 Å². The fourth-order valence-electron chi connectivity index (χ4n) is 2.29. The van der Waals surface area contributed by atoms with E-state index < -0.39 is 0 Å². The molecule has 1 N–H and O–H groups in total. The summed E-state index contributed by atoms with van der Waals surface area (Å²) in [6.07, 6.45) is 5.55. The third kappa shape index (κ3) is 6.36. The molecule has 0 fully saturated rings. The van der Waals surface area contributed by atoms with E-state index in [0.29, 0.717) is 6.61 Å². The number of hydrogen-bond donors (Lipinski definition) is 1. The van der Waals surface area contributed by atoms with Crippen molar-refractivity contribution in [2.24, 2.45) is 0 Å². The summed E-state index contributed by atoms with van der Waals surface area (Å²) in [6, 6.07) is 19.5. The van der Waals surface area contributed by atoms with Crippen LogP contribution in [0.5, 0.6) is 0 Å². The zero-order valence-electron chi connectivity index (χ0n) is 12.5. The average molecular weight is 300 g/mol. The van der Waals surface area contributed by atoms with Gasteiger partial charge in [-0.15, -0.1) is 11.8 Å². The first-order valence-electron chi connectivity index (χ1n) is 7.75. The summed E-state index contributed by atoms with van der Waals surface area (Å²) in [5, 5.41) is 8.73. The van der Waals surface area contributed by atoms with Crippen LogP contribution in [-0.2, 0) is 6.42 Å². The summed E-state index contributed by atoms with van der Waals surface area (Å²) >= 11 is 1.93. The Morgan fingerprint density at radius 3 is 2.10 bits per heavy atom. The quantitative estimate of drug-likeness (QED) is 0.524. The number of hydrogen-bond acceptors (Lipinski definition) is 2. The molecule has 2 aromatic carbocycles. The summed E-state index contributed by atoms with van der Waals surface area (Å²) < 4.78 is 0. The Morgan fingerprint density at radius 2 is 1.38 bits per heavy atom. The van der Waals surface area contributed by atoms with Gasteiger partial charge < -0.3 is 5.11 Å². The van der Waals surface area contributed by atoms with Gasteiger partial charge in [-0.3, -0.25) is 0 Å². The van der Waals surface area contributed by atoms with E-state index in [2.05, 4.69) is 54.6 Å². The molecule has 0 saturated heterocycles. The second-order valence-electron chi connectivity index (χ2n) is 5.29. The highest BCUT2D eigenvalue weighted by Crippen LogP contribution is 2.21. The molecule has 0 atom stereocenters. The predicted octanol–water partition coefficient (Wildman–Crippen LogP) is 4.92. The summed E-state index contributed by atoms with van der Waals surface area (Å²) in [5.74, 6) is 1.17. The van der Waals surface area contributed by atoms with Crippen molar-refractivity contribution >= 4 is 11.8 Å². The Labute approximate surface area is 132 Å². The van der Waals surface area contributed by atoms with Gasteiger partial charge in [0.05, 0.1) is 0 Å². The minimum atomic E-state index is 0.329. The molecule has 0 bridgehead atoms. The van der Waals surface area contributed by atoms with Gasteiger partial charge in [0, 0.05) is 11.5 Å². The van der Waals surface area contributed by atoms with Crippen LogP contribution in [0.15, 0.2) is 59.5 Å². The third-order valence-electron chi connectivity index (χ3n) is 3.50. The Kier molecular flexibility index (Phi) is 7.41. The van der Waals surface area contributed by atoms with Crippen molar-refractivity contribution in [2.75, 3.05) is 12.4 Å². The molecule has 112 valence electrons. The first-order valence-corrected chi connectivity index (χ1v) is 8.73. The maximum Gasteiger partial charge on any atom is 0.0431 e. The monoisotopic (exact) mass is 300 g/mol. The Hall–Kier alpha value is -1.25. The summed E-state index contributed by atoms with van der Waals surface area (Å²) in [4.78, 5) is 1.36. The number of thioether (sulfide) groups is 1. The predicted molar refractivity (Wildman–Crippen MR) is 92.0 cm³/mol. The molecule has 0 radical (unpaired) electrons. The number of aliphatic hydroxyl groups excluding tert-OH is 1. The molecular weight excluding hydrogens is 276 g/mol. The molecule has 0 spiro atoms. The van der Waals surface area contributed by atoms with Crippen molar-refractivity contribution in [3.8, 4) is 0 Å². The van der Waals surface area contributed by atoms with Crippen LogP contribution >= 0.6 is 11.8 Å². The first-order chi connectivity index (χ1) is 10.4. The van der Waals surface area contributed by atoms with Crippen LogP contribution in [0.3, 0.4) is 0 Å². The molecule has 2 aromatic rings. The van der Waals surface area contributed by atoms with Gasteiger partial charge in [0.15, 0.2) is 0 Å². The van der Waals surface area contributed by atoms with Crippen molar-refractivity contribution in [3.63, 3.8) is 0 Å². The maximum absolute atomic E-state index is 8.73. The normalized spacial score (nSPS) is 10.7. The van der Waals surface area contributed by atoms with E-state index in [4.69, 9.17) is 5.11 Å². The van der Waals surface area contributed by atoms with E-state index in [1.165, 1.54) is 34.6 Å². The molecule has 0 aromatic heterocycles. The molecule has 0 aliphatic heterocycles. The summed E-state index contributed by atoms with van der Waals surface area (Å²) in [7, 11) is 0. The zero-order valence-corrected chi connectivity index (χ0v) is 13.3. The van der Waals surface area contributed by atoms with Gasteiger partial charge in [0.2, 0.25) is 0 Å². The van der Waals surface area contributed by atoms with Crippen molar-refractivity contribution in [3.05, 3.63) is 65.7 Å². The zero-order chi connectivity index (χ0) is 14.8. The minimum Gasteiger partial charge on any atom is -0.396 e. The van der Waals surface area contributed by atoms with Crippen LogP contribution in [0.2, 0.25) is 0 Å².